The minimum Gasteiger partial charge on any atom is -0.480 e. The van der Waals surface area contributed by atoms with Gasteiger partial charge in [-0.3, -0.25) is 4.79 Å². The largest absolute Gasteiger partial charge is 0.480 e. The quantitative estimate of drug-likeness (QED) is 0.788. The van der Waals surface area contributed by atoms with Gasteiger partial charge in [-0.2, -0.15) is 11.8 Å². The monoisotopic (exact) mass is 286 g/mol. The van der Waals surface area contributed by atoms with Gasteiger partial charge < -0.3 is 15.7 Å². The number of carboxylic acid groups (broad SMARTS) is 1. The van der Waals surface area contributed by atoms with Crippen molar-refractivity contribution in [1.82, 2.24) is 4.90 Å². The molecular formula is C13H22N2O3S. The van der Waals surface area contributed by atoms with Gasteiger partial charge in [0.1, 0.15) is 6.04 Å². The van der Waals surface area contributed by atoms with Crippen LogP contribution in [-0.4, -0.2) is 51.5 Å². The van der Waals surface area contributed by atoms with E-state index >= 15 is 0 Å². The fraction of sp³-hybridized carbons (Fsp3) is 0.846. The summed E-state index contributed by atoms with van der Waals surface area (Å²) in [6.07, 6.45) is 3.39. The highest BCUT2D eigenvalue weighted by Crippen LogP contribution is 2.33. The van der Waals surface area contributed by atoms with Crippen molar-refractivity contribution in [1.29, 1.82) is 0 Å². The molecule has 0 radical (unpaired) electrons. The van der Waals surface area contributed by atoms with Gasteiger partial charge >= 0.3 is 5.97 Å². The first kappa shape index (κ1) is 14.7. The average Bonchev–Trinajstić information content (AvgIpc) is 2.37. The summed E-state index contributed by atoms with van der Waals surface area (Å²) in [5, 5.41) is 9.24. The molecule has 1 amide bonds. The number of nitrogens with zero attached hydrogens (tertiary/aromatic N) is 1. The number of carbonyl (C=O) groups excluding carboxylic acids is 1. The van der Waals surface area contributed by atoms with Gasteiger partial charge in [0, 0.05) is 18.1 Å². The zero-order chi connectivity index (χ0) is 14.0. The molecule has 1 heterocycles. The van der Waals surface area contributed by atoms with Crippen molar-refractivity contribution in [3.63, 3.8) is 0 Å². The molecule has 6 heteroatoms. The molecule has 1 saturated heterocycles. The Hall–Kier alpha value is -0.750. The second-order valence-corrected chi connectivity index (χ2v) is 6.93. The van der Waals surface area contributed by atoms with Crippen LogP contribution in [-0.2, 0) is 9.59 Å². The van der Waals surface area contributed by atoms with E-state index in [9.17, 15) is 14.7 Å². The molecule has 1 saturated carbocycles. The van der Waals surface area contributed by atoms with Crippen LogP contribution in [0.1, 0.15) is 32.6 Å². The van der Waals surface area contributed by atoms with Crippen molar-refractivity contribution in [2.45, 2.75) is 44.2 Å². The first-order valence-corrected chi connectivity index (χ1v) is 8.00. The minimum absolute atomic E-state index is 0.160. The normalized spacial score (nSPS) is 36.0. The molecule has 2 rings (SSSR count). The van der Waals surface area contributed by atoms with Crippen molar-refractivity contribution in [2.75, 3.05) is 18.1 Å². The summed E-state index contributed by atoms with van der Waals surface area (Å²) >= 11 is 1.58. The van der Waals surface area contributed by atoms with Gasteiger partial charge in [-0.1, -0.05) is 19.8 Å². The maximum atomic E-state index is 12.7. The second-order valence-electron chi connectivity index (χ2n) is 5.79. The van der Waals surface area contributed by atoms with E-state index in [0.717, 1.165) is 18.6 Å². The number of amides is 1. The molecule has 5 nitrogen and oxygen atoms in total. The Morgan fingerprint density at radius 2 is 2.21 bits per heavy atom. The lowest BCUT2D eigenvalue weighted by molar-refractivity contribution is -0.152. The first-order chi connectivity index (χ1) is 8.94. The van der Waals surface area contributed by atoms with Gasteiger partial charge in [-0.25, -0.2) is 4.79 Å². The van der Waals surface area contributed by atoms with Gasteiger partial charge in [-0.05, 0) is 18.8 Å². The van der Waals surface area contributed by atoms with Crippen LogP contribution in [0.25, 0.3) is 0 Å². The van der Waals surface area contributed by atoms with Crippen LogP contribution in [0.4, 0.5) is 0 Å². The summed E-state index contributed by atoms with van der Waals surface area (Å²) < 4.78 is 0. The Labute approximate surface area is 117 Å². The van der Waals surface area contributed by atoms with E-state index in [0.29, 0.717) is 31.1 Å². The fourth-order valence-electron chi connectivity index (χ4n) is 3.12. The van der Waals surface area contributed by atoms with Gasteiger partial charge in [0.2, 0.25) is 5.91 Å². The first-order valence-electron chi connectivity index (χ1n) is 6.84. The SMILES string of the molecule is CC1CCCC(N)(C(=O)N2CCSCC2C(=O)O)C1. The Morgan fingerprint density at radius 3 is 2.84 bits per heavy atom. The lowest BCUT2D eigenvalue weighted by Gasteiger charge is -2.42. The summed E-state index contributed by atoms with van der Waals surface area (Å²) in [6.45, 7) is 2.60. The van der Waals surface area contributed by atoms with Gasteiger partial charge in [0.25, 0.3) is 0 Å². The summed E-state index contributed by atoms with van der Waals surface area (Å²) in [5.41, 5.74) is 5.44. The molecule has 1 aliphatic carbocycles. The molecule has 0 bridgehead atoms. The maximum Gasteiger partial charge on any atom is 0.327 e. The molecule has 3 atom stereocenters. The van der Waals surface area contributed by atoms with Gasteiger partial charge in [0.05, 0.1) is 5.54 Å². The molecule has 3 N–H and O–H groups in total. The molecule has 0 spiro atoms. The number of hydrogen-bond donors (Lipinski definition) is 2. The third-order valence-electron chi connectivity index (χ3n) is 4.13. The molecule has 0 aromatic heterocycles. The molecule has 0 aromatic carbocycles. The fourth-order valence-corrected chi connectivity index (χ4v) is 4.16. The molecule has 0 aromatic rings. The number of thioether (sulfide) groups is 1. The predicted octanol–water partition coefficient (Wildman–Crippen LogP) is 0.923. The van der Waals surface area contributed by atoms with Crippen molar-refractivity contribution in [3.05, 3.63) is 0 Å². The smallest absolute Gasteiger partial charge is 0.327 e. The molecule has 108 valence electrons. The van der Waals surface area contributed by atoms with Crippen molar-refractivity contribution < 1.29 is 14.7 Å². The molecular weight excluding hydrogens is 264 g/mol. The van der Waals surface area contributed by atoms with E-state index in [1.165, 1.54) is 4.90 Å². The van der Waals surface area contributed by atoms with Crippen LogP contribution >= 0.6 is 11.8 Å². The molecule has 2 fully saturated rings. The third-order valence-corrected chi connectivity index (χ3v) is 5.16. The van der Waals surface area contributed by atoms with E-state index in [1.54, 1.807) is 11.8 Å². The number of carboxylic acids is 1. The highest BCUT2D eigenvalue weighted by atomic mass is 32.2. The summed E-state index contributed by atoms with van der Waals surface area (Å²) in [5.74, 6) is 0.610. The van der Waals surface area contributed by atoms with Crippen LogP contribution in [0, 0.1) is 5.92 Å². The number of aliphatic carboxylic acids is 1. The van der Waals surface area contributed by atoms with Crippen LogP contribution in [0.2, 0.25) is 0 Å². The minimum atomic E-state index is -0.923. The Morgan fingerprint density at radius 1 is 1.47 bits per heavy atom. The summed E-state index contributed by atoms with van der Waals surface area (Å²) in [4.78, 5) is 25.4. The van der Waals surface area contributed by atoms with Gasteiger partial charge in [0.15, 0.2) is 0 Å². The maximum absolute atomic E-state index is 12.7. The molecule has 2 aliphatic rings. The van der Waals surface area contributed by atoms with Crippen molar-refractivity contribution in [2.24, 2.45) is 11.7 Å². The lowest BCUT2D eigenvalue weighted by atomic mass is 9.76. The van der Waals surface area contributed by atoms with Crippen molar-refractivity contribution in [3.8, 4) is 0 Å². The molecule has 19 heavy (non-hydrogen) atoms. The Balaban J connectivity index is 2.14. The zero-order valence-corrected chi connectivity index (χ0v) is 12.1. The Bertz CT molecular complexity index is 377. The van der Waals surface area contributed by atoms with E-state index in [2.05, 4.69) is 6.92 Å². The predicted molar refractivity (Wildman–Crippen MR) is 75.0 cm³/mol. The summed E-state index contributed by atoms with van der Waals surface area (Å²) in [7, 11) is 0. The van der Waals surface area contributed by atoms with E-state index in [1.807, 2.05) is 0 Å². The van der Waals surface area contributed by atoms with Crippen LogP contribution in [0.5, 0.6) is 0 Å². The van der Waals surface area contributed by atoms with Gasteiger partial charge in [-0.15, -0.1) is 0 Å². The highest BCUT2D eigenvalue weighted by Gasteiger charge is 2.44. The summed E-state index contributed by atoms with van der Waals surface area (Å²) in [6, 6.07) is -0.719. The zero-order valence-electron chi connectivity index (χ0n) is 11.3. The van der Waals surface area contributed by atoms with Crippen molar-refractivity contribution >= 4 is 23.6 Å². The second kappa shape index (κ2) is 5.71. The average molecular weight is 286 g/mol. The van der Waals surface area contributed by atoms with Crippen LogP contribution in [0.3, 0.4) is 0 Å². The number of rotatable bonds is 2. The van der Waals surface area contributed by atoms with E-state index in [4.69, 9.17) is 5.73 Å². The highest BCUT2D eigenvalue weighted by molar-refractivity contribution is 7.99. The number of nitrogens with two attached hydrogens (primary N) is 1. The lowest BCUT2D eigenvalue weighted by Crippen LogP contribution is -2.62. The van der Waals surface area contributed by atoms with Crippen LogP contribution < -0.4 is 5.73 Å². The Kier molecular flexibility index (Phi) is 4.40. The van der Waals surface area contributed by atoms with E-state index in [-0.39, 0.29) is 5.91 Å². The molecule has 1 aliphatic heterocycles. The number of hydrogen-bond acceptors (Lipinski definition) is 4. The standard InChI is InChI=1S/C13H22N2O3S/c1-9-3-2-4-13(14,7-9)12(18)15-5-6-19-8-10(15)11(16)17/h9-10H,2-8,14H2,1H3,(H,16,17). The number of carbonyl (C=O) groups is 2. The topological polar surface area (TPSA) is 83.6 Å². The van der Waals surface area contributed by atoms with Crippen LogP contribution in [0.15, 0.2) is 0 Å². The third kappa shape index (κ3) is 3.05. The van der Waals surface area contributed by atoms with E-state index < -0.39 is 17.6 Å². The molecule has 3 unspecified atom stereocenters.